The maximum atomic E-state index is 14.6. The van der Waals surface area contributed by atoms with E-state index in [1.165, 1.54) is 29.2 Å². The number of sulfonamides is 1. The molecule has 0 aliphatic carbocycles. The summed E-state index contributed by atoms with van der Waals surface area (Å²) in [5.41, 5.74) is 1.62. The fraction of sp³-hybridized carbons (Fsp3) is 0.200. The number of amides is 2. The molecule has 10 heteroatoms. The van der Waals surface area contributed by atoms with Crippen molar-refractivity contribution >= 4 is 27.5 Å². The van der Waals surface area contributed by atoms with Crippen LogP contribution in [0.3, 0.4) is 0 Å². The molecule has 5 aromatic carbocycles. The molecule has 1 N–H and O–H groups in total. The number of nitrogens with one attached hydrogen (secondary N) is 1. The van der Waals surface area contributed by atoms with Gasteiger partial charge in [-0.1, -0.05) is 92.7 Å². The van der Waals surface area contributed by atoms with Gasteiger partial charge in [0.1, 0.15) is 29.9 Å². The standard InChI is InChI=1S/C40H40FN3O5S/c1-30(2)27-42-40(46)38(26-31-12-6-3-7-13-31)43(28-32-18-20-33(41)21-19-32)39(45)29-44(50(47,48)37-16-10-5-11-17-37)34-22-24-36(25-23-34)49-35-14-8-4-9-15-35/h3-25,30,38H,26-29H2,1-2H3,(H,42,46). The van der Waals surface area contributed by atoms with E-state index in [0.29, 0.717) is 23.6 Å². The van der Waals surface area contributed by atoms with Crippen LogP contribution in [0, 0.1) is 11.7 Å². The van der Waals surface area contributed by atoms with E-state index in [2.05, 4.69) is 5.32 Å². The minimum absolute atomic E-state index is 0.00184. The summed E-state index contributed by atoms with van der Waals surface area (Å²) in [6.45, 7) is 3.65. The van der Waals surface area contributed by atoms with Crippen LogP contribution < -0.4 is 14.4 Å². The van der Waals surface area contributed by atoms with E-state index in [-0.39, 0.29) is 35.4 Å². The number of rotatable bonds is 15. The third-order valence-corrected chi connectivity index (χ3v) is 9.72. The summed E-state index contributed by atoms with van der Waals surface area (Å²) >= 11 is 0. The highest BCUT2D eigenvalue weighted by Crippen LogP contribution is 2.29. The molecule has 0 aromatic heterocycles. The number of hydrogen-bond donors (Lipinski definition) is 1. The predicted molar refractivity (Wildman–Crippen MR) is 193 cm³/mol. The third-order valence-electron chi connectivity index (χ3n) is 7.94. The van der Waals surface area contributed by atoms with Gasteiger partial charge in [-0.3, -0.25) is 13.9 Å². The average Bonchev–Trinajstić information content (AvgIpc) is 3.13. The van der Waals surface area contributed by atoms with Crippen LogP contribution >= 0.6 is 0 Å². The molecule has 5 rings (SSSR count). The minimum atomic E-state index is -4.26. The Morgan fingerprint density at radius 2 is 1.28 bits per heavy atom. The molecule has 0 fully saturated rings. The summed E-state index contributed by atoms with van der Waals surface area (Å²) in [6, 6.07) is 37.4. The summed E-state index contributed by atoms with van der Waals surface area (Å²) in [4.78, 5) is 29.9. The molecular weight excluding hydrogens is 654 g/mol. The van der Waals surface area contributed by atoms with Crippen molar-refractivity contribution in [1.82, 2.24) is 10.2 Å². The molecule has 0 heterocycles. The second-order valence-electron chi connectivity index (χ2n) is 12.2. The van der Waals surface area contributed by atoms with Gasteiger partial charge < -0.3 is 15.0 Å². The van der Waals surface area contributed by atoms with E-state index in [0.717, 1.165) is 9.87 Å². The second kappa shape index (κ2) is 16.8. The lowest BCUT2D eigenvalue weighted by Crippen LogP contribution is -2.53. The first-order chi connectivity index (χ1) is 24.1. The largest absolute Gasteiger partial charge is 0.457 e. The van der Waals surface area contributed by atoms with E-state index in [1.54, 1.807) is 66.7 Å². The Labute approximate surface area is 293 Å². The normalized spacial score (nSPS) is 11.8. The van der Waals surface area contributed by atoms with E-state index in [4.69, 9.17) is 4.74 Å². The molecule has 1 unspecified atom stereocenters. The number of halogens is 1. The van der Waals surface area contributed by atoms with E-state index >= 15 is 0 Å². The Morgan fingerprint density at radius 1 is 0.720 bits per heavy atom. The van der Waals surface area contributed by atoms with Crippen molar-refractivity contribution in [2.24, 2.45) is 5.92 Å². The highest BCUT2D eigenvalue weighted by Gasteiger charge is 2.34. The van der Waals surface area contributed by atoms with Crippen molar-refractivity contribution in [3.8, 4) is 11.5 Å². The highest BCUT2D eigenvalue weighted by atomic mass is 32.2. The van der Waals surface area contributed by atoms with Crippen LogP contribution in [0.25, 0.3) is 0 Å². The molecule has 50 heavy (non-hydrogen) atoms. The van der Waals surface area contributed by atoms with Crippen molar-refractivity contribution in [2.45, 2.75) is 37.8 Å². The van der Waals surface area contributed by atoms with Crippen LogP contribution in [0.4, 0.5) is 10.1 Å². The molecule has 0 radical (unpaired) electrons. The van der Waals surface area contributed by atoms with Crippen molar-refractivity contribution < 1.29 is 27.1 Å². The van der Waals surface area contributed by atoms with Gasteiger partial charge in [0.15, 0.2) is 0 Å². The number of benzene rings is 5. The van der Waals surface area contributed by atoms with Crippen LogP contribution in [0.5, 0.6) is 11.5 Å². The lowest BCUT2D eigenvalue weighted by atomic mass is 10.0. The Morgan fingerprint density at radius 3 is 1.88 bits per heavy atom. The monoisotopic (exact) mass is 693 g/mol. The Balaban J connectivity index is 1.54. The van der Waals surface area contributed by atoms with Gasteiger partial charge in [0.05, 0.1) is 10.6 Å². The molecule has 0 saturated heterocycles. The van der Waals surface area contributed by atoms with Gasteiger partial charge in [0, 0.05) is 19.5 Å². The van der Waals surface area contributed by atoms with Gasteiger partial charge in [-0.2, -0.15) is 0 Å². The molecule has 0 aliphatic rings. The van der Waals surface area contributed by atoms with Gasteiger partial charge in [-0.15, -0.1) is 0 Å². The molecular formula is C40H40FN3O5S. The van der Waals surface area contributed by atoms with Crippen molar-refractivity contribution in [3.63, 3.8) is 0 Å². The third kappa shape index (κ3) is 9.57. The molecule has 8 nitrogen and oxygen atoms in total. The summed E-state index contributed by atoms with van der Waals surface area (Å²) < 4.78 is 49.3. The zero-order valence-electron chi connectivity index (χ0n) is 28.0. The van der Waals surface area contributed by atoms with Crippen LogP contribution in [0.1, 0.15) is 25.0 Å². The Bertz CT molecular complexity index is 1940. The zero-order chi connectivity index (χ0) is 35.5. The zero-order valence-corrected chi connectivity index (χ0v) is 28.8. The van der Waals surface area contributed by atoms with Gasteiger partial charge in [-0.25, -0.2) is 12.8 Å². The summed E-state index contributed by atoms with van der Waals surface area (Å²) in [6.07, 6.45) is 0.175. The fourth-order valence-corrected chi connectivity index (χ4v) is 6.75. The van der Waals surface area contributed by atoms with Crippen LogP contribution in [-0.4, -0.2) is 44.3 Å². The summed E-state index contributed by atoms with van der Waals surface area (Å²) in [5.74, 6) is -0.191. The molecule has 0 bridgehead atoms. The quantitative estimate of drug-likeness (QED) is 0.125. The minimum Gasteiger partial charge on any atom is -0.457 e. The number of anilines is 1. The molecule has 0 saturated carbocycles. The second-order valence-corrected chi connectivity index (χ2v) is 14.1. The number of para-hydroxylation sites is 1. The van der Waals surface area contributed by atoms with Crippen LogP contribution in [0.2, 0.25) is 0 Å². The maximum absolute atomic E-state index is 14.6. The van der Waals surface area contributed by atoms with Crippen LogP contribution in [-0.2, 0) is 32.6 Å². The van der Waals surface area contributed by atoms with E-state index in [1.807, 2.05) is 62.4 Å². The Kier molecular flexibility index (Phi) is 12.0. The predicted octanol–water partition coefficient (Wildman–Crippen LogP) is 7.23. The maximum Gasteiger partial charge on any atom is 0.264 e. The molecule has 0 aliphatic heterocycles. The van der Waals surface area contributed by atoms with E-state index in [9.17, 15) is 22.4 Å². The summed E-state index contributed by atoms with van der Waals surface area (Å²) in [5, 5.41) is 2.96. The SMILES string of the molecule is CC(C)CNC(=O)C(Cc1ccccc1)N(Cc1ccc(F)cc1)C(=O)CN(c1ccc(Oc2ccccc2)cc1)S(=O)(=O)c1ccccc1. The lowest BCUT2D eigenvalue weighted by molar-refractivity contribution is -0.140. The molecule has 0 spiro atoms. The van der Waals surface area contributed by atoms with Gasteiger partial charge in [-0.05, 0) is 77.7 Å². The Hall–Kier alpha value is -5.48. The van der Waals surface area contributed by atoms with Gasteiger partial charge in [0.2, 0.25) is 11.8 Å². The number of carbonyl (C=O) groups excluding carboxylic acids is 2. The van der Waals surface area contributed by atoms with Gasteiger partial charge in [0.25, 0.3) is 10.0 Å². The van der Waals surface area contributed by atoms with Gasteiger partial charge >= 0.3 is 0 Å². The number of ether oxygens (including phenoxy) is 1. The lowest BCUT2D eigenvalue weighted by Gasteiger charge is -2.34. The first-order valence-electron chi connectivity index (χ1n) is 16.4. The molecule has 1 atom stereocenters. The topological polar surface area (TPSA) is 96.0 Å². The van der Waals surface area contributed by atoms with Crippen molar-refractivity contribution in [3.05, 3.63) is 156 Å². The van der Waals surface area contributed by atoms with Crippen LogP contribution in [0.15, 0.2) is 144 Å². The number of nitrogens with zero attached hydrogens (tertiary/aromatic N) is 2. The first-order valence-corrected chi connectivity index (χ1v) is 17.8. The first kappa shape index (κ1) is 35.8. The van der Waals surface area contributed by atoms with E-state index < -0.39 is 34.3 Å². The smallest absolute Gasteiger partial charge is 0.264 e. The number of hydrogen-bond acceptors (Lipinski definition) is 5. The molecule has 5 aromatic rings. The highest BCUT2D eigenvalue weighted by molar-refractivity contribution is 7.92. The van der Waals surface area contributed by atoms with Crippen molar-refractivity contribution in [1.29, 1.82) is 0 Å². The fourth-order valence-electron chi connectivity index (χ4n) is 5.32. The molecule has 258 valence electrons. The van der Waals surface area contributed by atoms with Crippen molar-refractivity contribution in [2.75, 3.05) is 17.4 Å². The molecule has 2 amide bonds. The summed E-state index contributed by atoms with van der Waals surface area (Å²) in [7, 11) is -4.26. The number of carbonyl (C=O) groups is 2. The average molecular weight is 694 g/mol.